The van der Waals surface area contributed by atoms with E-state index in [2.05, 4.69) is 29.1 Å². The van der Waals surface area contributed by atoms with E-state index in [1.807, 2.05) is 30.3 Å². The number of hydrogen-bond acceptors (Lipinski definition) is 4. The average molecular weight is 287 g/mol. The van der Waals surface area contributed by atoms with E-state index in [1.165, 1.54) is 6.20 Å². The van der Waals surface area contributed by atoms with Crippen LogP contribution in [0.2, 0.25) is 5.02 Å². The Kier molecular flexibility index (Phi) is 4.21. The Balaban J connectivity index is 2.15. The van der Waals surface area contributed by atoms with Crippen LogP contribution in [0.25, 0.3) is 0 Å². The van der Waals surface area contributed by atoms with Gasteiger partial charge in [0, 0.05) is 29.4 Å². The van der Waals surface area contributed by atoms with Gasteiger partial charge in [-0.05, 0) is 17.7 Å². The van der Waals surface area contributed by atoms with Gasteiger partial charge in [-0.25, -0.2) is 9.97 Å². The van der Waals surface area contributed by atoms with Crippen molar-refractivity contribution in [2.24, 2.45) is 0 Å². The first-order valence-electron chi connectivity index (χ1n) is 6.24. The molecule has 0 aliphatic heterocycles. The lowest BCUT2D eigenvalue weighted by Gasteiger charge is -2.26. The largest absolute Gasteiger partial charge is 0.367 e. The molecule has 0 aliphatic rings. The van der Waals surface area contributed by atoms with Crippen LogP contribution in [0.15, 0.2) is 36.7 Å². The number of benzene rings is 1. The van der Waals surface area contributed by atoms with E-state index in [4.69, 9.17) is 16.9 Å². The molecule has 0 spiro atoms. The fraction of sp³-hybridized carbons (Fsp3) is 0.267. The van der Waals surface area contributed by atoms with Crippen molar-refractivity contribution in [2.75, 3.05) is 11.9 Å². The molecule has 0 radical (unpaired) electrons. The number of hydrogen-bond donors (Lipinski definition) is 1. The van der Waals surface area contributed by atoms with E-state index in [0.717, 1.165) is 5.56 Å². The summed E-state index contributed by atoms with van der Waals surface area (Å²) in [5.74, 6) is 0.505. The molecule has 4 nitrogen and oxygen atoms in total. The monoisotopic (exact) mass is 286 g/mol. The second kappa shape index (κ2) is 5.89. The highest BCUT2D eigenvalue weighted by Gasteiger charge is 2.21. The normalized spacial score (nSPS) is 10.9. The summed E-state index contributed by atoms with van der Waals surface area (Å²) in [6.45, 7) is 4.84. The van der Waals surface area contributed by atoms with Gasteiger partial charge in [0.2, 0.25) is 0 Å². The van der Waals surface area contributed by atoms with Crippen molar-refractivity contribution < 1.29 is 0 Å². The van der Waals surface area contributed by atoms with Crippen molar-refractivity contribution in [1.82, 2.24) is 9.97 Å². The lowest BCUT2D eigenvalue weighted by molar-refractivity contribution is 0.556. The molecule has 1 aromatic carbocycles. The Hall–Kier alpha value is -2.12. The molecule has 0 atom stereocenters. The number of rotatable bonds is 4. The SMILES string of the molecule is CC(C)(CNc1nccnc1C#N)c1cccc(Cl)c1. The zero-order valence-corrected chi connectivity index (χ0v) is 12.1. The third kappa shape index (κ3) is 3.25. The van der Waals surface area contributed by atoms with Crippen molar-refractivity contribution in [3.05, 3.63) is 52.9 Å². The first-order chi connectivity index (χ1) is 9.53. The second-order valence-electron chi connectivity index (χ2n) is 5.11. The summed E-state index contributed by atoms with van der Waals surface area (Å²) in [4.78, 5) is 8.12. The van der Waals surface area contributed by atoms with Gasteiger partial charge < -0.3 is 5.32 Å². The highest BCUT2D eigenvalue weighted by molar-refractivity contribution is 6.30. The number of halogens is 1. The smallest absolute Gasteiger partial charge is 0.182 e. The van der Waals surface area contributed by atoms with Crippen LogP contribution in [0.4, 0.5) is 5.82 Å². The summed E-state index contributed by atoms with van der Waals surface area (Å²) in [7, 11) is 0. The molecular formula is C15H15ClN4. The molecule has 2 rings (SSSR count). The van der Waals surface area contributed by atoms with Gasteiger partial charge in [-0.2, -0.15) is 5.26 Å². The van der Waals surface area contributed by atoms with Gasteiger partial charge in [0.25, 0.3) is 0 Å². The standard InChI is InChI=1S/C15H15ClN4/c1-15(2,11-4-3-5-12(16)8-11)10-20-14-13(9-17)18-6-7-19-14/h3-8H,10H2,1-2H3,(H,19,20). The van der Waals surface area contributed by atoms with E-state index < -0.39 is 0 Å². The van der Waals surface area contributed by atoms with Crippen molar-refractivity contribution >= 4 is 17.4 Å². The fourth-order valence-electron chi connectivity index (χ4n) is 1.87. The molecule has 20 heavy (non-hydrogen) atoms. The molecule has 0 unspecified atom stereocenters. The quantitative estimate of drug-likeness (QED) is 0.936. The molecule has 2 aromatic rings. The van der Waals surface area contributed by atoms with Crippen LogP contribution in [-0.2, 0) is 5.41 Å². The number of aromatic nitrogens is 2. The molecule has 0 amide bonds. The topological polar surface area (TPSA) is 61.6 Å². The van der Waals surface area contributed by atoms with Crippen LogP contribution in [0, 0.1) is 11.3 Å². The zero-order valence-electron chi connectivity index (χ0n) is 11.4. The molecule has 0 fully saturated rings. The van der Waals surface area contributed by atoms with Gasteiger partial charge in [-0.15, -0.1) is 0 Å². The van der Waals surface area contributed by atoms with Crippen LogP contribution in [0.1, 0.15) is 25.1 Å². The minimum Gasteiger partial charge on any atom is -0.367 e. The van der Waals surface area contributed by atoms with E-state index in [9.17, 15) is 0 Å². The summed E-state index contributed by atoms with van der Waals surface area (Å²) < 4.78 is 0. The van der Waals surface area contributed by atoms with Crippen molar-refractivity contribution in [3.8, 4) is 6.07 Å². The minimum atomic E-state index is -0.144. The number of nitrogens with zero attached hydrogens (tertiary/aromatic N) is 3. The van der Waals surface area contributed by atoms with Crippen molar-refractivity contribution in [3.63, 3.8) is 0 Å². The molecule has 1 N–H and O–H groups in total. The molecule has 0 aliphatic carbocycles. The summed E-state index contributed by atoms with van der Waals surface area (Å²) in [5.41, 5.74) is 1.28. The third-order valence-electron chi connectivity index (χ3n) is 3.11. The molecule has 102 valence electrons. The number of nitrogens with one attached hydrogen (secondary N) is 1. The maximum atomic E-state index is 8.99. The first kappa shape index (κ1) is 14.3. The lowest BCUT2D eigenvalue weighted by Crippen LogP contribution is -2.28. The Bertz CT molecular complexity index is 646. The Morgan fingerprint density at radius 2 is 2.05 bits per heavy atom. The zero-order chi connectivity index (χ0) is 14.6. The van der Waals surface area contributed by atoms with Crippen LogP contribution < -0.4 is 5.32 Å². The molecule has 1 heterocycles. The lowest BCUT2D eigenvalue weighted by atomic mass is 9.84. The molecule has 0 saturated carbocycles. The first-order valence-corrected chi connectivity index (χ1v) is 6.62. The van der Waals surface area contributed by atoms with Crippen LogP contribution in [-0.4, -0.2) is 16.5 Å². The average Bonchev–Trinajstić information content (AvgIpc) is 2.45. The van der Waals surface area contributed by atoms with Crippen molar-refractivity contribution in [1.29, 1.82) is 5.26 Å². The molecule has 5 heteroatoms. The maximum Gasteiger partial charge on any atom is 0.182 e. The van der Waals surface area contributed by atoms with Gasteiger partial charge in [-0.3, -0.25) is 0 Å². The van der Waals surface area contributed by atoms with E-state index in [-0.39, 0.29) is 5.41 Å². The highest BCUT2D eigenvalue weighted by atomic mass is 35.5. The molecule has 0 saturated heterocycles. The highest BCUT2D eigenvalue weighted by Crippen LogP contribution is 2.26. The van der Waals surface area contributed by atoms with Gasteiger partial charge in [0.15, 0.2) is 11.5 Å². The Labute approximate surface area is 123 Å². The molecule has 0 bridgehead atoms. The minimum absolute atomic E-state index is 0.144. The third-order valence-corrected chi connectivity index (χ3v) is 3.34. The van der Waals surface area contributed by atoms with Crippen molar-refractivity contribution in [2.45, 2.75) is 19.3 Å². The van der Waals surface area contributed by atoms with E-state index in [1.54, 1.807) is 6.20 Å². The van der Waals surface area contributed by atoms with E-state index in [0.29, 0.717) is 23.1 Å². The van der Waals surface area contributed by atoms with Crippen LogP contribution >= 0.6 is 11.6 Å². The maximum absolute atomic E-state index is 8.99. The Morgan fingerprint density at radius 3 is 2.75 bits per heavy atom. The van der Waals surface area contributed by atoms with Gasteiger partial charge in [0.1, 0.15) is 6.07 Å². The summed E-state index contributed by atoms with van der Waals surface area (Å²) >= 11 is 6.03. The second-order valence-corrected chi connectivity index (χ2v) is 5.55. The predicted molar refractivity (Wildman–Crippen MR) is 79.7 cm³/mol. The van der Waals surface area contributed by atoms with Gasteiger partial charge >= 0.3 is 0 Å². The van der Waals surface area contributed by atoms with Gasteiger partial charge in [0.05, 0.1) is 0 Å². The number of anilines is 1. The fourth-order valence-corrected chi connectivity index (χ4v) is 2.06. The predicted octanol–water partition coefficient (Wildman–Crippen LogP) is 3.39. The summed E-state index contributed by atoms with van der Waals surface area (Å²) in [6.07, 6.45) is 3.07. The molecule has 1 aromatic heterocycles. The van der Waals surface area contributed by atoms with Gasteiger partial charge in [-0.1, -0.05) is 37.6 Å². The Morgan fingerprint density at radius 1 is 1.30 bits per heavy atom. The van der Waals surface area contributed by atoms with Crippen LogP contribution in [0.3, 0.4) is 0 Å². The number of nitriles is 1. The summed E-state index contributed by atoms with van der Waals surface area (Å²) in [5, 5.41) is 12.9. The van der Waals surface area contributed by atoms with E-state index >= 15 is 0 Å². The van der Waals surface area contributed by atoms with Crippen LogP contribution in [0.5, 0.6) is 0 Å². The molecular weight excluding hydrogens is 272 g/mol. The summed E-state index contributed by atoms with van der Waals surface area (Å²) in [6, 6.07) is 9.80.